The van der Waals surface area contributed by atoms with Crippen LogP contribution in [-0.4, -0.2) is 64.7 Å². The van der Waals surface area contributed by atoms with Crippen LogP contribution in [0.1, 0.15) is 61.4 Å². The largest absolute Gasteiger partial charge is 0.391 e. The number of primary amides is 1. The van der Waals surface area contributed by atoms with Gasteiger partial charge in [0, 0.05) is 45.1 Å². The van der Waals surface area contributed by atoms with Gasteiger partial charge in [0.25, 0.3) is 5.91 Å². The van der Waals surface area contributed by atoms with Crippen LogP contribution in [0.5, 0.6) is 0 Å². The number of nitrogens with two attached hydrogens (primary N) is 1. The van der Waals surface area contributed by atoms with E-state index in [9.17, 15) is 9.59 Å². The molecule has 0 heterocycles. The van der Waals surface area contributed by atoms with Gasteiger partial charge in [-0.25, -0.2) is 0 Å². The minimum absolute atomic E-state index is 0.0343. The highest BCUT2D eigenvalue weighted by Gasteiger charge is 2.09. The second-order valence-corrected chi connectivity index (χ2v) is 8.20. The number of amides is 2. The van der Waals surface area contributed by atoms with E-state index in [-0.39, 0.29) is 23.8 Å². The van der Waals surface area contributed by atoms with Gasteiger partial charge in [0.05, 0.1) is 13.2 Å². The smallest absolute Gasteiger partial charge is 0.251 e. The molecular formula is C25H41N3O6. The Hall–Kier alpha value is -2.49. The quantitative estimate of drug-likeness (QED) is 0.168. The highest BCUT2D eigenvalue weighted by molar-refractivity contribution is 5.94. The first-order chi connectivity index (χ1) is 16.5. The Labute approximate surface area is 203 Å². The molecule has 2 amide bonds. The number of ether oxygens (including phenoxy) is 3. The van der Waals surface area contributed by atoms with E-state index in [0.717, 1.165) is 44.1 Å². The maximum Gasteiger partial charge on any atom is 0.251 e. The molecule has 0 aliphatic carbocycles. The number of carbonyl (C=O) groups excluding carboxylic acids is 2. The average Bonchev–Trinajstić information content (AvgIpc) is 2.84. The van der Waals surface area contributed by atoms with Crippen molar-refractivity contribution >= 4 is 18.0 Å². The van der Waals surface area contributed by atoms with Crippen LogP contribution in [0.2, 0.25) is 0 Å². The summed E-state index contributed by atoms with van der Waals surface area (Å²) in [6, 6.07) is 7.29. The number of nitrogens with one attached hydrogen (secondary N) is 1. The van der Waals surface area contributed by atoms with E-state index in [2.05, 4.69) is 10.5 Å². The number of unbranched alkanes of at least 4 members (excludes halogenated alkanes) is 3. The van der Waals surface area contributed by atoms with E-state index in [1.165, 1.54) is 0 Å². The standard InChI is InChI=1S/C25H41N3O6/c1-20(24(26)29)10-5-7-13-27-25(30)22-12-9-11-21(16-22)17-34-28-14-6-4-8-15-33-19-23(32-3)18-31-2/h9,11-12,14,16,20,23H,4-8,10,13,15,17-19H2,1-3H3,(H2,26,29)(H,27,30)/b28-14+/t20-,23?/m0/s1. The normalized spacial score (nSPS) is 13.0. The lowest BCUT2D eigenvalue weighted by Crippen LogP contribution is -2.25. The minimum Gasteiger partial charge on any atom is -0.391 e. The summed E-state index contributed by atoms with van der Waals surface area (Å²) in [5, 5.41) is 6.89. The van der Waals surface area contributed by atoms with Gasteiger partial charge in [-0.1, -0.05) is 30.6 Å². The highest BCUT2D eigenvalue weighted by Crippen LogP contribution is 2.09. The molecular weight excluding hydrogens is 438 g/mol. The van der Waals surface area contributed by atoms with Gasteiger partial charge < -0.3 is 30.1 Å². The van der Waals surface area contributed by atoms with Gasteiger partial charge in [0.1, 0.15) is 12.7 Å². The van der Waals surface area contributed by atoms with Gasteiger partial charge in [-0.3, -0.25) is 9.59 Å². The molecule has 0 saturated heterocycles. The van der Waals surface area contributed by atoms with Gasteiger partial charge in [-0.2, -0.15) is 0 Å². The van der Waals surface area contributed by atoms with E-state index in [0.29, 0.717) is 38.5 Å². The number of rotatable bonds is 20. The maximum atomic E-state index is 12.3. The van der Waals surface area contributed by atoms with Crippen molar-refractivity contribution in [2.75, 3.05) is 40.6 Å². The van der Waals surface area contributed by atoms with Crippen molar-refractivity contribution in [1.29, 1.82) is 0 Å². The molecule has 0 fully saturated rings. The maximum absolute atomic E-state index is 12.3. The van der Waals surface area contributed by atoms with Crippen molar-refractivity contribution in [2.45, 2.75) is 58.2 Å². The van der Waals surface area contributed by atoms with Crippen LogP contribution in [0.25, 0.3) is 0 Å². The van der Waals surface area contributed by atoms with Crippen molar-refractivity contribution in [3.63, 3.8) is 0 Å². The average molecular weight is 480 g/mol. The first-order valence-corrected chi connectivity index (χ1v) is 11.9. The van der Waals surface area contributed by atoms with Crippen molar-refractivity contribution < 1.29 is 28.6 Å². The molecule has 1 unspecified atom stereocenters. The molecule has 0 spiro atoms. The third-order valence-electron chi connectivity index (χ3n) is 5.27. The number of methoxy groups -OCH3 is 2. The van der Waals surface area contributed by atoms with Crippen molar-refractivity contribution in [3.05, 3.63) is 35.4 Å². The molecule has 34 heavy (non-hydrogen) atoms. The van der Waals surface area contributed by atoms with Crippen LogP contribution < -0.4 is 11.1 Å². The lowest BCUT2D eigenvalue weighted by Gasteiger charge is -2.14. The number of oxime groups is 1. The van der Waals surface area contributed by atoms with Crippen LogP contribution in [0.4, 0.5) is 0 Å². The molecule has 0 aliphatic rings. The molecule has 1 aromatic carbocycles. The summed E-state index contributed by atoms with van der Waals surface area (Å²) in [5.41, 5.74) is 6.70. The molecule has 9 heteroatoms. The van der Waals surface area contributed by atoms with E-state index in [1.807, 2.05) is 19.1 Å². The summed E-state index contributed by atoms with van der Waals surface area (Å²) >= 11 is 0. The molecule has 0 aliphatic heterocycles. The van der Waals surface area contributed by atoms with Crippen molar-refractivity contribution in [3.8, 4) is 0 Å². The summed E-state index contributed by atoms with van der Waals surface area (Å²) in [6.45, 7) is 4.38. The monoisotopic (exact) mass is 479 g/mol. The number of hydrogen-bond acceptors (Lipinski definition) is 7. The van der Waals surface area contributed by atoms with Gasteiger partial charge in [-0.15, -0.1) is 0 Å². The Bertz CT molecular complexity index is 728. The molecule has 0 bridgehead atoms. The summed E-state index contributed by atoms with van der Waals surface area (Å²) in [7, 11) is 3.29. The Morgan fingerprint density at radius 1 is 1.15 bits per heavy atom. The van der Waals surface area contributed by atoms with Crippen molar-refractivity contribution in [2.24, 2.45) is 16.8 Å². The van der Waals surface area contributed by atoms with Crippen LogP contribution in [0.3, 0.4) is 0 Å². The molecule has 1 rings (SSSR count). The van der Waals surface area contributed by atoms with Gasteiger partial charge in [0.2, 0.25) is 5.91 Å². The molecule has 0 saturated carbocycles. The molecule has 0 aromatic heterocycles. The van der Waals surface area contributed by atoms with E-state index < -0.39 is 0 Å². The molecule has 0 radical (unpaired) electrons. The Morgan fingerprint density at radius 3 is 2.71 bits per heavy atom. The molecule has 9 nitrogen and oxygen atoms in total. The highest BCUT2D eigenvalue weighted by atomic mass is 16.6. The van der Waals surface area contributed by atoms with Crippen molar-refractivity contribution in [1.82, 2.24) is 5.32 Å². The zero-order valence-corrected chi connectivity index (χ0v) is 20.8. The fourth-order valence-corrected chi connectivity index (χ4v) is 3.07. The lowest BCUT2D eigenvalue weighted by atomic mass is 10.0. The predicted molar refractivity (Wildman–Crippen MR) is 132 cm³/mol. The first-order valence-electron chi connectivity index (χ1n) is 11.9. The fraction of sp³-hybridized carbons (Fsp3) is 0.640. The number of nitrogens with zero attached hydrogens (tertiary/aromatic N) is 1. The Balaban J connectivity index is 2.16. The van der Waals surface area contributed by atoms with Gasteiger partial charge in [-0.05, 0) is 49.8 Å². The summed E-state index contributed by atoms with van der Waals surface area (Å²) in [6.07, 6.45) is 6.76. The molecule has 2 atom stereocenters. The zero-order valence-electron chi connectivity index (χ0n) is 20.8. The van der Waals surface area contributed by atoms with E-state index in [4.69, 9.17) is 24.8 Å². The zero-order chi connectivity index (χ0) is 25.0. The van der Waals surface area contributed by atoms with Crippen LogP contribution in [-0.2, 0) is 30.4 Å². The summed E-state index contributed by atoms with van der Waals surface area (Å²) in [5.74, 6) is -0.550. The lowest BCUT2D eigenvalue weighted by molar-refractivity contribution is -0.121. The van der Waals surface area contributed by atoms with E-state index in [1.54, 1.807) is 32.6 Å². The number of carbonyl (C=O) groups is 2. The second kappa shape index (κ2) is 18.9. The topological polar surface area (TPSA) is 121 Å². The van der Waals surface area contributed by atoms with Crippen LogP contribution in [0, 0.1) is 5.92 Å². The Kier molecular flexibility index (Phi) is 16.4. The first kappa shape index (κ1) is 29.5. The number of benzene rings is 1. The molecule has 192 valence electrons. The minimum atomic E-state index is -0.285. The Morgan fingerprint density at radius 2 is 1.97 bits per heavy atom. The molecule has 3 N–H and O–H groups in total. The summed E-state index contributed by atoms with van der Waals surface area (Å²) in [4.78, 5) is 28.7. The van der Waals surface area contributed by atoms with Gasteiger partial charge >= 0.3 is 0 Å². The van der Waals surface area contributed by atoms with Crippen LogP contribution >= 0.6 is 0 Å². The third kappa shape index (κ3) is 13.9. The summed E-state index contributed by atoms with van der Waals surface area (Å²) < 4.78 is 15.9. The predicted octanol–water partition coefficient (Wildman–Crippen LogP) is 3.06. The fourth-order valence-electron chi connectivity index (χ4n) is 3.07. The second-order valence-electron chi connectivity index (χ2n) is 8.20. The molecule has 1 aromatic rings. The van der Waals surface area contributed by atoms with Crippen LogP contribution in [0.15, 0.2) is 29.4 Å². The number of hydrogen-bond donors (Lipinski definition) is 2. The van der Waals surface area contributed by atoms with E-state index >= 15 is 0 Å². The third-order valence-corrected chi connectivity index (χ3v) is 5.27. The van der Waals surface area contributed by atoms with Gasteiger partial charge in [0.15, 0.2) is 0 Å². The SMILES string of the molecule is COCC(COCCCC/C=N/OCc1cccc(C(=O)NCCCC[C@H](C)C(N)=O)c1)OC.